The summed E-state index contributed by atoms with van der Waals surface area (Å²) in [6.45, 7) is 11.4. The molecule has 1 heterocycles. The zero-order valence-electron chi connectivity index (χ0n) is 15.5. The monoisotopic (exact) mass is 366 g/mol. The van der Waals surface area contributed by atoms with Crippen molar-refractivity contribution in [2.75, 3.05) is 32.8 Å². The van der Waals surface area contributed by atoms with Gasteiger partial charge in [-0.25, -0.2) is 8.42 Å². The van der Waals surface area contributed by atoms with Crippen molar-refractivity contribution in [3.63, 3.8) is 0 Å². The van der Waals surface area contributed by atoms with Crippen LogP contribution in [0, 0.1) is 5.92 Å². The Morgan fingerprint density at radius 3 is 2.25 bits per heavy atom. The Hall–Kier alpha value is -0.990. The molecule has 1 N–H and O–H groups in total. The molecule has 0 bridgehead atoms. The highest BCUT2D eigenvalue weighted by Crippen LogP contribution is 2.16. The number of ketones is 1. The number of likely N-dealkylation sites (tertiary alicyclic amines) is 1. The Morgan fingerprint density at radius 1 is 1.25 bits per heavy atom. The van der Waals surface area contributed by atoms with E-state index in [0.29, 0.717) is 39.1 Å². The molecule has 0 aliphatic carbocycles. The van der Waals surface area contributed by atoms with Crippen molar-refractivity contribution in [3.05, 3.63) is 0 Å². The summed E-state index contributed by atoms with van der Waals surface area (Å²) in [5.41, 5.74) is 0. The van der Waals surface area contributed by atoms with Gasteiger partial charge in [-0.3, -0.25) is 14.3 Å². The molecule has 24 heavy (non-hydrogen) atoms. The van der Waals surface area contributed by atoms with E-state index >= 15 is 0 Å². The quantitative estimate of drug-likeness (QED) is 0.653. The number of nitrogens with zero attached hydrogens (tertiary/aromatic N) is 1. The van der Waals surface area contributed by atoms with Crippen LogP contribution in [0.2, 0.25) is 0 Å². The van der Waals surface area contributed by atoms with Gasteiger partial charge in [0.15, 0.2) is 5.78 Å². The second kappa shape index (κ2) is 11.5. The summed E-state index contributed by atoms with van der Waals surface area (Å²) in [4.78, 5) is 24.4. The number of ether oxygens (including phenoxy) is 1. The van der Waals surface area contributed by atoms with Crippen molar-refractivity contribution in [1.82, 2.24) is 9.62 Å². The number of nitrogens with one attached hydrogen (secondary N) is 1. The highest BCUT2D eigenvalue weighted by atomic mass is 32.2. The van der Waals surface area contributed by atoms with Gasteiger partial charge in [0.2, 0.25) is 15.9 Å². The molecule has 0 aromatic heterocycles. The molecule has 0 saturated carbocycles. The zero-order chi connectivity index (χ0) is 18.8. The first-order chi connectivity index (χ1) is 11.2. The molecule has 0 radical (unpaired) electrons. The number of carbonyl (C=O) groups is 2. The second-order valence-electron chi connectivity index (χ2n) is 5.92. The summed E-state index contributed by atoms with van der Waals surface area (Å²) in [5, 5.41) is -0.518. The fourth-order valence-electron chi connectivity index (χ4n) is 2.26. The molecule has 1 fully saturated rings. The van der Waals surface area contributed by atoms with Crippen LogP contribution >= 0.6 is 0 Å². The van der Waals surface area contributed by atoms with E-state index in [2.05, 4.69) is 4.90 Å². The van der Waals surface area contributed by atoms with Crippen LogP contribution < -0.4 is 4.72 Å². The van der Waals surface area contributed by atoms with Crippen molar-refractivity contribution in [3.8, 4) is 0 Å². The summed E-state index contributed by atoms with van der Waals surface area (Å²) in [5.74, 6) is -0.486. The van der Waals surface area contributed by atoms with Gasteiger partial charge in [-0.05, 0) is 25.9 Å². The van der Waals surface area contributed by atoms with Gasteiger partial charge >= 0.3 is 0 Å². The van der Waals surface area contributed by atoms with E-state index in [4.69, 9.17) is 4.74 Å². The third kappa shape index (κ3) is 8.75. The molecular weight excluding hydrogens is 332 g/mol. The first-order valence-corrected chi connectivity index (χ1v) is 10.1. The molecule has 1 saturated heterocycles. The number of piperidine rings is 1. The first-order valence-electron chi connectivity index (χ1n) is 8.57. The van der Waals surface area contributed by atoms with Gasteiger partial charge in [0, 0.05) is 20.8 Å². The van der Waals surface area contributed by atoms with Crippen LogP contribution in [-0.4, -0.2) is 63.1 Å². The Balaban J connectivity index is 0. The van der Waals surface area contributed by atoms with E-state index in [1.54, 1.807) is 0 Å². The Bertz CT molecular complexity index is 489. The summed E-state index contributed by atoms with van der Waals surface area (Å²) >= 11 is 0. The van der Waals surface area contributed by atoms with E-state index in [-0.39, 0.29) is 19.7 Å². The number of sulfonamides is 1. The maximum absolute atomic E-state index is 11.9. The number of rotatable bonds is 8. The van der Waals surface area contributed by atoms with Gasteiger partial charge in [0.1, 0.15) is 6.61 Å². The van der Waals surface area contributed by atoms with Crippen molar-refractivity contribution < 1.29 is 24.2 Å². The van der Waals surface area contributed by atoms with Crippen LogP contribution in [-0.2, 0) is 24.3 Å². The summed E-state index contributed by atoms with van der Waals surface area (Å²) in [6.07, 6.45) is 0.987. The van der Waals surface area contributed by atoms with Crippen molar-refractivity contribution in [2.45, 2.75) is 52.7 Å². The van der Waals surface area contributed by atoms with Crippen molar-refractivity contribution in [2.24, 2.45) is 5.92 Å². The normalized spacial score (nSPS) is 16.4. The van der Waals surface area contributed by atoms with Gasteiger partial charge in [0.25, 0.3) is 0 Å². The molecule has 1 aliphatic rings. The maximum atomic E-state index is 11.9. The lowest BCUT2D eigenvalue weighted by Gasteiger charge is -2.31. The maximum Gasteiger partial charge on any atom is 0.237 e. The van der Waals surface area contributed by atoms with E-state index < -0.39 is 21.2 Å². The Labute approximate surface area is 147 Å². The SMILES string of the molecule is CC.CC(=O)NS(=O)(=O)C1CCN(CCOCC(=O)C(C)C)CC1.[HH]. The standard InChI is InChI=1S/C14H26N2O5S.C2H6.H2/c1-11(2)14(18)10-21-9-8-16-6-4-13(5-7-16)22(19,20)15-12(3)17;1-2;/h11,13H,4-10H2,1-3H3,(H,15,17);1-2H3;1H. The van der Waals surface area contributed by atoms with Crippen LogP contribution in [0.25, 0.3) is 0 Å². The zero-order valence-corrected chi connectivity index (χ0v) is 16.3. The minimum atomic E-state index is -3.55. The van der Waals surface area contributed by atoms with Gasteiger partial charge < -0.3 is 9.64 Å². The number of hydrogen-bond acceptors (Lipinski definition) is 6. The van der Waals surface area contributed by atoms with E-state index in [1.165, 1.54) is 6.92 Å². The third-order valence-corrected chi connectivity index (χ3v) is 5.62. The number of carbonyl (C=O) groups excluding carboxylic acids is 2. The molecule has 1 amide bonds. The minimum Gasteiger partial charge on any atom is -0.372 e. The van der Waals surface area contributed by atoms with Crippen LogP contribution in [0.5, 0.6) is 0 Å². The van der Waals surface area contributed by atoms with Crippen LogP contribution in [0.1, 0.15) is 48.9 Å². The predicted octanol–water partition coefficient (Wildman–Crippen LogP) is 1.43. The molecule has 0 aromatic rings. The van der Waals surface area contributed by atoms with E-state index in [9.17, 15) is 18.0 Å². The summed E-state index contributed by atoms with van der Waals surface area (Å²) in [7, 11) is -3.55. The molecule has 8 heteroatoms. The molecule has 0 spiro atoms. The van der Waals surface area contributed by atoms with Gasteiger partial charge in [-0.15, -0.1) is 0 Å². The fraction of sp³-hybridized carbons (Fsp3) is 0.875. The molecule has 0 atom stereocenters. The average Bonchev–Trinajstić information content (AvgIpc) is 2.52. The molecule has 1 rings (SSSR count). The van der Waals surface area contributed by atoms with E-state index in [0.717, 1.165) is 0 Å². The minimum absolute atomic E-state index is 0. The molecule has 144 valence electrons. The van der Waals surface area contributed by atoms with Crippen LogP contribution in [0.3, 0.4) is 0 Å². The Morgan fingerprint density at radius 2 is 1.79 bits per heavy atom. The van der Waals surface area contributed by atoms with Crippen LogP contribution in [0.4, 0.5) is 0 Å². The smallest absolute Gasteiger partial charge is 0.237 e. The van der Waals surface area contributed by atoms with Gasteiger partial charge in [-0.1, -0.05) is 27.7 Å². The predicted molar refractivity (Wildman–Crippen MR) is 96.3 cm³/mol. The number of Topliss-reactive ketones (excluding diaryl/α,β-unsaturated/α-hetero) is 1. The molecular formula is C16H34N2O5S. The third-order valence-electron chi connectivity index (χ3n) is 3.70. The summed E-state index contributed by atoms with van der Waals surface area (Å²) < 4.78 is 31.1. The van der Waals surface area contributed by atoms with E-state index in [1.807, 2.05) is 32.4 Å². The lowest BCUT2D eigenvalue weighted by Crippen LogP contribution is -2.45. The van der Waals surface area contributed by atoms with Crippen LogP contribution in [0.15, 0.2) is 0 Å². The first kappa shape index (κ1) is 23.0. The van der Waals surface area contributed by atoms with Crippen molar-refractivity contribution in [1.29, 1.82) is 0 Å². The largest absolute Gasteiger partial charge is 0.372 e. The average molecular weight is 367 g/mol. The Kier molecular flexibility index (Phi) is 11.1. The lowest BCUT2D eigenvalue weighted by atomic mass is 10.1. The van der Waals surface area contributed by atoms with Gasteiger partial charge in [0.05, 0.1) is 11.9 Å². The molecule has 1 aliphatic heterocycles. The number of amides is 1. The fourth-order valence-corrected chi connectivity index (χ4v) is 3.66. The van der Waals surface area contributed by atoms with Crippen molar-refractivity contribution >= 4 is 21.7 Å². The molecule has 0 aromatic carbocycles. The lowest BCUT2D eigenvalue weighted by molar-refractivity contribution is -0.126. The topological polar surface area (TPSA) is 92.8 Å². The molecule has 7 nitrogen and oxygen atoms in total. The summed E-state index contributed by atoms with van der Waals surface area (Å²) in [6, 6.07) is 0. The second-order valence-corrected chi connectivity index (χ2v) is 7.88. The number of hydrogen-bond donors (Lipinski definition) is 1. The molecule has 0 unspecified atom stereocenters. The highest BCUT2D eigenvalue weighted by Gasteiger charge is 2.30. The highest BCUT2D eigenvalue weighted by molar-refractivity contribution is 7.90. The van der Waals surface area contributed by atoms with Gasteiger partial charge in [-0.2, -0.15) is 0 Å².